The number of halogens is 1. The minimum atomic E-state index is -0.373. The van der Waals surface area contributed by atoms with Gasteiger partial charge in [0.25, 0.3) is 11.8 Å². The maximum absolute atomic E-state index is 13.2. The molecular weight excluding hydrogens is 331 g/mol. The third kappa shape index (κ3) is 3.12. The zero-order valence-corrected chi connectivity index (χ0v) is 15.3. The molecule has 0 saturated carbocycles. The predicted molar refractivity (Wildman–Crippen MR) is 99.8 cm³/mol. The quantitative estimate of drug-likeness (QED) is 0.845. The predicted octanol–water partition coefficient (Wildman–Crippen LogP) is 4.04. The van der Waals surface area contributed by atoms with E-state index in [1.807, 2.05) is 32.0 Å². The lowest BCUT2D eigenvalue weighted by Crippen LogP contribution is -2.38. The second-order valence-corrected chi connectivity index (χ2v) is 6.75. The molecule has 0 unspecified atom stereocenters. The maximum Gasteiger partial charge on any atom is 0.278 e. The minimum Gasteiger partial charge on any atom is -0.350 e. The molecule has 5 heteroatoms. The average Bonchev–Trinajstić information content (AvgIpc) is 2.83. The van der Waals surface area contributed by atoms with Gasteiger partial charge in [-0.05, 0) is 68.7 Å². The number of carbonyl (C=O) groups excluding carboxylic acids is 2. The van der Waals surface area contributed by atoms with Gasteiger partial charge in [-0.1, -0.05) is 18.2 Å². The number of benzene rings is 2. The zero-order chi connectivity index (χ0) is 19.0. The second kappa shape index (κ2) is 6.75. The smallest absolute Gasteiger partial charge is 0.278 e. The van der Waals surface area contributed by atoms with Crippen LogP contribution in [0.5, 0.6) is 0 Å². The van der Waals surface area contributed by atoms with Gasteiger partial charge in [-0.2, -0.15) is 0 Å². The van der Waals surface area contributed by atoms with Gasteiger partial charge in [0.15, 0.2) is 0 Å². The van der Waals surface area contributed by atoms with Crippen molar-refractivity contribution in [3.8, 4) is 0 Å². The fourth-order valence-electron chi connectivity index (χ4n) is 2.97. The molecule has 0 fully saturated rings. The summed E-state index contributed by atoms with van der Waals surface area (Å²) >= 11 is 0. The first-order valence-electron chi connectivity index (χ1n) is 8.52. The van der Waals surface area contributed by atoms with E-state index in [4.69, 9.17) is 0 Å². The lowest BCUT2D eigenvalue weighted by Gasteiger charge is -2.19. The highest BCUT2D eigenvalue weighted by Gasteiger charge is 2.40. The van der Waals surface area contributed by atoms with Gasteiger partial charge < -0.3 is 5.32 Å². The lowest BCUT2D eigenvalue weighted by molar-refractivity contribution is -0.138. The molecule has 2 aromatic carbocycles. The van der Waals surface area contributed by atoms with Crippen molar-refractivity contribution in [2.75, 3.05) is 5.32 Å². The van der Waals surface area contributed by atoms with E-state index in [-0.39, 0.29) is 29.4 Å². The van der Waals surface area contributed by atoms with Crippen molar-refractivity contribution in [2.45, 2.75) is 33.7 Å². The summed E-state index contributed by atoms with van der Waals surface area (Å²) in [5.41, 5.74) is 3.96. The van der Waals surface area contributed by atoms with E-state index in [1.54, 1.807) is 13.8 Å². The normalized spacial score (nSPS) is 14.6. The Morgan fingerprint density at radius 1 is 0.923 bits per heavy atom. The van der Waals surface area contributed by atoms with Crippen molar-refractivity contribution < 1.29 is 14.0 Å². The molecule has 26 heavy (non-hydrogen) atoms. The maximum atomic E-state index is 13.2. The van der Waals surface area contributed by atoms with Gasteiger partial charge in [0.1, 0.15) is 11.5 Å². The van der Waals surface area contributed by atoms with Crippen molar-refractivity contribution in [1.29, 1.82) is 0 Å². The summed E-state index contributed by atoms with van der Waals surface area (Å²) in [7, 11) is 0. The van der Waals surface area contributed by atoms with Crippen molar-refractivity contribution in [3.63, 3.8) is 0 Å². The third-order valence-electron chi connectivity index (χ3n) is 4.54. The Labute approximate surface area is 152 Å². The summed E-state index contributed by atoms with van der Waals surface area (Å²) in [6, 6.07) is 11.1. The second-order valence-electron chi connectivity index (χ2n) is 6.75. The van der Waals surface area contributed by atoms with Crippen LogP contribution in [0.15, 0.2) is 48.2 Å². The van der Waals surface area contributed by atoms with Crippen LogP contribution in [0.2, 0.25) is 0 Å². The monoisotopic (exact) mass is 352 g/mol. The van der Waals surface area contributed by atoms with E-state index in [1.165, 1.54) is 29.2 Å². The van der Waals surface area contributed by atoms with Crippen LogP contribution in [0.4, 0.5) is 10.1 Å². The average molecular weight is 352 g/mol. The minimum absolute atomic E-state index is 0.221. The molecule has 0 saturated heterocycles. The van der Waals surface area contributed by atoms with Crippen LogP contribution in [0.1, 0.15) is 30.5 Å². The fraction of sp³-hybridized carbons (Fsp3) is 0.238. The molecule has 0 aromatic heterocycles. The van der Waals surface area contributed by atoms with Crippen LogP contribution in [-0.4, -0.2) is 22.8 Å². The van der Waals surface area contributed by atoms with Crippen molar-refractivity contribution in [3.05, 3.63) is 70.7 Å². The van der Waals surface area contributed by atoms with Gasteiger partial charge in [0, 0.05) is 11.7 Å². The van der Waals surface area contributed by atoms with E-state index in [0.29, 0.717) is 16.8 Å². The molecule has 134 valence electrons. The lowest BCUT2D eigenvalue weighted by atomic mass is 9.99. The first kappa shape index (κ1) is 17.9. The Hall–Kier alpha value is -2.95. The number of rotatable bonds is 4. The van der Waals surface area contributed by atoms with Crippen LogP contribution < -0.4 is 5.32 Å². The summed E-state index contributed by atoms with van der Waals surface area (Å²) in [6.07, 6.45) is 0. The molecule has 0 aliphatic carbocycles. The number of imide groups is 1. The molecule has 0 atom stereocenters. The van der Waals surface area contributed by atoms with E-state index < -0.39 is 0 Å². The first-order valence-corrected chi connectivity index (χ1v) is 8.52. The number of anilines is 1. The molecule has 1 aliphatic heterocycles. The summed E-state index contributed by atoms with van der Waals surface area (Å²) in [5, 5.41) is 3.02. The van der Waals surface area contributed by atoms with Crippen molar-refractivity contribution >= 4 is 23.1 Å². The molecule has 0 radical (unpaired) electrons. The summed E-state index contributed by atoms with van der Waals surface area (Å²) in [4.78, 5) is 27.1. The van der Waals surface area contributed by atoms with Gasteiger partial charge in [-0.3, -0.25) is 14.5 Å². The Bertz CT molecular complexity index is 914. The molecule has 3 rings (SSSR count). The van der Waals surface area contributed by atoms with E-state index in [0.717, 1.165) is 11.1 Å². The number of aryl methyl sites for hydroxylation is 2. The molecular formula is C21H21FN2O2. The first-order chi connectivity index (χ1) is 12.3. The Morgan fingerprint density at radius 2 is 1.58 bits per heavy atom. The summed E-state index contributed by atoms with van der Waals surface area (Å²) < 4.78 is 13.2. The number of nitrogens with zero attached hydrogens (tertiary/aromatic N) is 1. The number of nitrogens with one attached hydrogen (secondary N) is 1. The van der Waals surface area contributed by atoms with Gasteiger partial charge in [0.05, 0.1) is 5.57 Å². The molecule has 1 N–H and O–H groups in total. The largest absolute Gasteiger partial charge is 0.350 e. The highest BCUT2D eigenvalue weighted by atomic mass is 19.1. The molecule has 0 spiro atoms. The van der Waals surface area contributed by atoms with Gasteiger partial charge in [-0.25, -0.2) is 4.39 Å². The topological polar surface area (TPSA) is 49.4 Å². The SMILES string of the molecule is Cc1ccc(C2=C(Nc3ccc(F)cc3)C(=O)N(C(C)C)C2=O)cc1C. The zero-order valence-electron chi connectivity index (χ0n) is 15.3. The molecule has 4 nitrogen and oxygen atoms in total. The molecule has 0 bridgehead atoms. The highest BCUT2D eigenvalue weighted by molar-refractivity contribution is 6.36. The van der Waals surface area contributed by atoms with Gasteiger partial charge in [0.2, 0.25) is 0 Å². The Balaban J connectivity index is 2.12. The van der Waals surface area contributed by atoms with Crippen LogP contribution in [0.25, 0.3) is 5.57 Å². The molecule has 2 amide bonds. The number of carbonyl (C=O) groups is 2. The molecule has 1 aliphatic rings. The van der Waals surface area contributed by atoms with Gasteiger partial charge >= 0.3 is 0 Å². The molecule has 1 heterocycles. The standard InChI is InChI=1S/C21H21FN2O2/c1-12(2)24-20(25)18(15-6-5-13(3)14(4)11-15)19(21(24)26)23-17-9-7-16(22)8-10-17/h5-12,23H,1-4H3. The van der Waals surface area contributed by atoms with Crippen molar-refractivity contribution in [1.82, 2.24) is 4.90 Å². The van der Waals surface area contributed by atoms with E-state index >= 15 is 0 Å². The van der Waals surface area contributed by atoms with Crippen LogP contribution in [-0.2, 0) is 9.59 Å². The Kier molecular flexibility index (Phi) is 4.64. The van der Waals surface area contributed by atoms with Crippen molar-refractivity contribution in [2.24, 2.45) is 0 Å². The van der Waals surface area contributed by atoms with Crippen LogP contribution >= 0.6 is 0 Å². The fourth-order valence-corrected chi connectivity index (χ4v) is 2.97. The number of hydrogen-bond acceptors (Lipinski definition) is 3. The summed E-state index contributed by atoms with van der Waals surface area (Å²) in [5.74, 6) is -1.06. The highest BCUT2D eigenvalue weighted by Crippen LogP contribution is 2.32. The van der Waals surface area contributed by atoms with Crippen LogP contribution in [0, 0.1) is 19.7 Å². The van der Waals surface area contributed by atoms with Gasteiger partial charge in [-0.15, -0.1) is 0 Å². The number of amides is 2. The Morgan fingerprint density at radius 3 is 2.15 bits per heavy atom. The van der Waals surface area contributed by atoms with E-state index in [9.17, 15) is 14.0 Å². The number of hydrogen-bond donors (Lipinski definition) is 1. The van der Waals surface area contributed by atoms with E-state index in [2.05, 4.69) is 5.32 Å². The third-order valence-corrected chi connectivity index (χ3v) is 4.54. The molecule has 2 aromatic rings. The summed E-state index contributed by atoms with van der Waals surface area (Å²) in [6.45, 7) is 7.56. The van der Waals surface area contributed by atoms with Crippen LogP contribution in [0.3, 0.4) is 0 Å².